The van der Waals surface area contributed by atoms with E-state index in [1.54, 1.807) is 23.3 Å². The highest BCUT2D eigenvalue weighted by atomic mass is 32.1. The number of piperazine rings is 1. The van der Waals surface area contributed by atoms with Gasteiger partial charge in [0.25, 0.3) is 5.91 Å². The van der Waals surface area contributed by atoms with Crippen LogP contribution < -0.4 is 20.5 Å². The lowest BCUT2D eigenvalue weighted by Gasteiger charge is -2.36. The van der Waals surface area contributed by atoms with Crippen LogP contribution in [0.2, 0.25) is 0 Å². The Kier molecular flexibility index (Phi) is 6.13. The van der Waals surface area contributed by atoms with Gasteiger partial charge in [0.15, 0.2) is 0 Å². The third-order valence-electron chi connectivity index (χ3n) is 5.84. The molecule has 30 heavy (non-hydrogen) atoms. The van der Waals surface area contributed by atoms with Gasteiger partial charge in [0, 0.05) is 36.7 Å². The number of ether oxygens (including phenoxy) is 1. The molecule has 2 aliphatic rings. The Hall–Kier alpha value is -2.74. The maximum absolute atomic E-state index is 12.5. The number of fused-ring (bicyclic) bond motifs is 1. The molecule has 1 fully saturated rings. The second kappa shape index (κ2) is 8.95. The second-order valence-corrected chi connectivity index (χ2v) is 9.10. The summed E-state index contributed by atoms with van der Waals surface area (Å²) in [6, 6.07) is 9.63. The number of aryl methyl sites for hydroxylation is 1. The molecule has 3 amide bonds. The normalized spacial score (nSPS) is 18.5. The van der Waals surface area contributed by atoms with Crippen molar-refractivity contribution in [3.8, 4) is 5.75 Å². The van der Waals surface area contributed by atoms with E-state index in [-0.39, 0.29) is 11.9 Å². The van der Waals surface area contributed by atoms with Gasteiger partial charge in [0.1, 0.15) is 5.75 Å². The lowest BCUT2D eigenvalue weighted by molar-refractivity contribution is 0.0933. The summed E-state index contributed by atoms with van der Waals surface area (Å²) in [7, 11) is 1.65. The van der Waals surface area contributed by atoms with Gasteiger partial charge in [-0.25, -0.2) is 10.2 Å². The van der Waals surface area contributed by atoms with Gasteiger partial charge >= 0.3 is 6.03 Å². The zero-order chi connectivity index (χ0) is 21.1. The van der Waals surface area contributed by atoms with Crippen LogP contribution in [-0.4, -0.2) is 50.1 Å². The molecule has 2 heterocycles. The molecule has 2 N–H and O–H groups in total. The van der Waals surface area contributed by atoms with Gasteiger partial charge in [0.2, 0.25) is 0 Å². The van der Waals surface area contributed by atoms with Crippen LogP contribution in [0.3, 0.4) is 0 Å². The molecule has 7 nitrogen and oxygen atoms in total. The maximum Gasteiger partial charge on any atom is 0.336 e. The summed E-state index contributed by atoms with van der Waals surface area (Å²) < 4.78 is 5.20. The highest BCUT2D eigenvalue weighted by Crippen LogP contribution is 2.32. The van der Waals surface area contributed by atoms with Crippen molar-refractivity contribution >= 4 is 29.0 Å². The topological polar surface area (TPSA) is 73.9 Å². The molecule has 0 radical (unpaired) electrons. The van der Waals surface area contributed by atoms with Gasteiger partial charge in [0.05, 0.1) is 12.0 Å². The van der Waals surface area contributed by atoms with E-state index in [2.05, 4.69) is 22.7 Å². The third-order valence-corrected chi connectivity index (χ3v) is 7.08. The van der Waals surface area contributed by atoms with Crippen molar-refractivity contribution in [2.45, 2.75) is 26.2 Å². The largest absolute Gasteiger partial charge is 0.497 e. The average molecular weight is 429 g/mol. The third kappa shape index (κ3) is 4.53. The summed E-state index contributed by atoms with van der Waals surface area (Å²) in [4.78, 5) is 30.9. The number of thiophene rings is 1. The quantitative estimate of drug-likeness (QED) is 0.737. The van der Waals surface area contributed by atoms with Gasteiger partial charge in [-0.15, -0.1) is 11.3 Å². The van der Waals surface area contributed by atoms with Crippen molar-refractivity contribution in [2.24, 2.45) is 5.92 Å². The molecule has 1 aromatic carbocycles. The number of hydrazine groups is 1. The number of rotatable bonds is 3. The first kappa shape index (κ1) is 20.5. The molecule has 2 aromatic rings. The Labute approximate surface area is 181 Å². The smallest absolute Gasteiger partial charge is 0.336 e. The lowest BCUT2D eigenvalue weighted by Crippen LogP contribution is -2.55. The van der Waals surface area contributed by atoms with Crippen LogP contribution in [0.5, 0.6) is 5.75 Å². The van der Waals surface area contributed by atoms with Crippen LogP contribution >= 0.6 is 11.3 Å². The van der Waals surface area contributed by atoms with Crippen molar-refractivity contribution < 1.29 is 14.3 Å². The lowest BCUT2D eigenvalue weighted by atomic mass is 9.90. The fourth-order valence-electron chi connectivity index (χ4n) is 4.03. The predicted octanol–water partition coefficient (Wildman–Crippen LogP) is 3.06. The van der Waals surface area contributed by atoms with Gasteiger partial charge in [-0.2, -0.15) is 0 Å². The molecule has 0 spiro atoms. The minimum atomic E-state index is -0.271. The van der Waals surface area contributed by atoms with Crippen molar-refractivity contribution in [1.29, 1.82) is 0 Å². The first-order valence-electron chi connectivity index (χ1n) is 10.4. The standard InChI is InChI=1S/C22H28N4O3S/c1-15-3-8-19-16(13-15)14-20(30-19)21(27)23-24-22(28)26-11-9-25(10-12-26)17-4-6-18(29-2)7-5-17/h4-7,14-15H,3,8-13H2,1-2H3,(H,23,27)(H,24,28). The minimum Gasteiger partial charge on any atom is -0.497 e. The summed E-state index contributed by atoms with van der Waals surface area (Å²) >= 11 is 1.54. The van der Waals surface area contributed by atoms with Crippen LogP contribution in [0.25, 0.3) is 0 Å². The number of benzene rings is 1. The Morgan fingerprint density at radius 3 is 2.53 bits per heavy atom. The molecule has 1 unspecified atom stereocenters. The van der Waals surface area contributed by atoms with Gasteiger partial charge in [-0.1, -0.05) is 6.92 Å². The molecule has 0 saturated carbocycles. The van der Waals surface area contributed by atoms with Crippen molar-refractivity contribution in [3.63, 3.8) is 0 Å². The monoisotopic (exact) mass is 428 g/mol. The Morgan fingerprint density at radius 1 is 1.10 bits per heavy atom. The van der Waals surface area contributed by atoms with E-state index in [0.29, 0.717) is 23.9 Å². The van der Waals surface area contributed by atoms with E-state index in [1.807, 2.05) is 30.3 Å². The SMILES string of the molecule is COc1ccc(N2CCN(C(=O)NNC(=O)c3cc4c(s3)CCC(C)C4)CC2)cc1. The second-order valence-electron chi connectivity index (χ2n) is 7.96. The predicted molar refractivity (Wildman–Crippen MR) is 118 cm³/mol. The molecule has 1 saturated heterocycles. The summed E-state index contributed by atoms with van der Waals surface area (Å²) in [6.07, 6.45) is 3.25. The van der Waals surface area contributed by atoms with Crippen LogP contribution in [0.1, 0.15) is 33.5 Å². The van der Waals surface area contributed by atoms with Crippen LogP contribution in [0.15, 0.2) is 30.3 Å². The molecule has 1 atom stereocenters. The molecule has 1 aliphatic heterocycles. The average Bonchev–Trinajstić information content (AvgIpc) is 3.21. The summed E-state index contributed by atoms with van der Waals surface area (Å²) in [6.45, 7) is 4.92. The number of hydrogen-bond donors (Lipinski definition) is 2. The number of carbonyl (C=O) groups excluding carboxylic acids is 2. The van der Waals surface area contributed by atoms with E-state index in [0.717, 1.165) is 37.4 Å². The Bertz CT molecular complexity index is 904. The highest BCUT2D eigenvalue weighted by Gasteiger charge is 2.23. The summed E-state index contributed by atoms with van der Waals surface area (Å²) in [5, 5.41) is 0. The maximum atomic E-state index is 12.5. The molecule has 1 aromatic heterocycles. The first-order chi connectivity index (χ1) is 14.5. The number of nitrogens with one attached hydrogen (secondary N) is 2. The van der Waals surface area contributed by atoms with Crippen molar-refractivity contribution in [2.75, 3.05) is 38.2 Å². The number of anilines is 1. The van der Waals surface area contributed by atoms with Crippen LogP contribution in [0.4, 0.5) is 10.5 Å². The van der Waals surface area contributed by atoms with E-state index in [1.165, 1.54) is 16.9 Å². The van der Waals surface area contributed by atoms with Gasteiger partial charge in [-0.3, -0.25) is 10.2 Å². The fourth-order valence-corrected chi connectivity index (χ4v) is 5.13. The number of nitrogens with zero attached hydrogens (tertiary/aromatic N) is 2. The van der Waals surface area contributed by atoms with Gasteiger partial charge < -0.3 is 14.5 Å². The van der Waals surface area contributed by atoms with Crippen molar-refractivity contribution in [1.82, 2.24) is 15.8 Å². The number of amides is 3. The van der Waals surface area contributed by atoms with E-state index in [9.17, 15) is 9.59 Å². The fraction of sp³-hybridized carbons (Fsp3) is 0.455. The first-order valence-corrected chi connectivity index (χ1v) is 11.2. The molecular formula is C22H28N4O3S. The number of carbonyl (C=O) groups is 2. The Morgan fingerprint density at radius 2 is 1.83 bits per heavy atom. The molecule has 4 rings (SSSR count). The summed E-state index contributed by atoms with van der Waals surface area (Å²) in [5.74, 6) is 1.25. The van der Waals surface area contributed by atoms with E-state index in [4.69, 9.17) is 4.74 Å². The molecule has 160 valence electrons. The highest BCUT2D eigenvalue weighted by molar-refractivity contribution is 7.14. The van der Waals surface area contributed by atoms with Crippen LogP contribution in [0, 0.1) is 5.92 Å². The van der Waals surface area contributed by atoms with E-state index >= 15 is 0 Å². The summed E-state index contributed by atoms with van der Waals surface area (Å²) in [5.41, 5.74) is 7.54. The minimum absolute atomic E-state index is 0.243. The van der Waals surface area contributed by atoms with E-state index < -0.39 is 0 Å². The molecule has 8 heteroatoms. The molecule has 0 bridgehead atoms. The Balaban J connectivity index is 1.25. The molecule has 1 aliphatic carbocycles. The number of urea groups is 1. The number of methoxy groups -OCH3 is 1. The zero-order valence-electron chi connectivity index (χ0n) is 17.4. The van der Waals surface area contributed by atoms with Crippen LogP contribution in [-0.2, 0) is 12.8 Å². The van der Waals surface area contributed by atoms with Crippen molar-refractivity contribution in [3.05, 3.63) is 45.6 Å². The molecular weight excluding hydrogens is 400 g/mol. The number of hydrogen-bond acceptors (Lipinski definition) is 5. The zero-order valence-corrected chi connectivity index (χ0v) is 18.3. The van der Waals surface area contributed by atoms with Gasteiger partial charge in [-0.05, 0) is 61.1 Å².